The van der Waals surface area contributed by atoms with E-state index < -0.39 is 10.0 Å². The fourth-order valence-electron chi connectivity index (χ4n) is 3.77. The van der Waals surface area contributed by atoms with Crippen LogP contribution in [-0.4, -0.2) is 25.8 Å². The molecule has 4 aromatic rings. The van der Waals surface area contributed by atoms with E-state index in [0.717, 1.165) is 17.5 Å². The molecule has 3 nitrogen and oxygen atoms in total. The van der Waals surface area contributed by atoms with Crippen LogP contribution in [0.4, 0.5) is 0 Å². The van der Waals surface area contributed by atoms with Crippen LogP contribution in [-0.2, 0) is 22.9 Å². The summed E-state index contributed by atoms with van der Waals surface area (Å²) in [6.07, 6.45) is 1.49. The smallest absolute Gasteiger partial charge is 0.207 e. The largest absolute Gasteiger partial charge is 0.243 e. The number of fused-ring (bicyclic) bond motifs is 1. The van der Waals surface area contributed by atoms with Gasteiger partial charge >= 0.3 is 0 Å². The first-order valence-electron chi connectivity index (χ1n) is 10.7. The minimum atomic E-state index is -3.29. The number of sulfonamides is 1. The van der Waals surface area contributed by atoms with Gasteiger partial charge in [0.15, 0.2) is 0 Å². The molecule has 0 atom stereocenters. The highest BCUT2D eigenvalue weighted by atomic mass is 32.2. The minimum Gasteiger partial charge on any atom is -0.207 e. The molecule has 0 N–H and O–H groups in total. The Kier molecular flexibility index (Phi) is 5.53. The molecule has 0 aliphatic carbocycles. The molecule has 158 valence electrons. The molecule has 0 aromatic heterocycles. The number of hydrogen-bond donors (Lipinski definition) is 0. The molecule has 1 heterocycles. The molecule has 0 radical (unpaired) electrons. The SMILES string of the molecule is O=S(=O)(c1ccc(CC#Cc2ccc3ccc(Cc4ccccc4)cc3c2)cc1)N1CC1. The summed E-state index contributed by atoms with van der Waals surface area (Å²) in [6.45, 7) is 1.24. The predicted molar refractivity (Wildman–Crippen MR) is 129 cm³/mol. The molecule has 5 rings (SSSR count). The van der Waals surface area contributed by atoms with Crippen molar-refractivity contribution in [2.24, 2.45) is 0 Å². The fraction of sp³-hybridized carbons (Fsp3) is 0.143. The monoisotopic (exact) mass is 437 g/mol. The van der Waals surface area contributed by atoms with E-state index in [0.29, 0.717) is 24.4 Å². The summed E-state index contributed by atoms with van der Waals surface area (Å²) in [5, 5.41) is 2.39. The highest BCUT2D eigenvalue weighted by Crippen LogP contribution is 2.22. The molecule has 1 fully saturated rings. The van der Waals surface area contributed by atoms with E-state index in [9.17, 15) is 8.42 Å². The standard InChI is InChI=1S/C28H23NO2S/c30-32(31,29-17-18-29)28-15-11-22(12-16-28)7-4-8-24-9-13-26-14-10-25(21-27(26)20-24)19-23-5-2-1-3-6-23/h1-3,5-6,9-16,20-21H,7,17-19H2. The summed E-state index contributed by atoms with van der Waals surface area (Å²) in [5.41, 5.74) is 4.57. The number of rotatable bonds is 5. The third kappa shape index (κ3) is 4.60. The summed E-state index contributed by atoms with van der Waals surface area (Å²) >= 11 is 0. The molecule has 4 aromatic carbocycles. The Morgan fingerprint density at radius 2 is 1.44 bits per heavy atom. The fourth-order valence-corrected chi connectivity index (χ4v) is 5.11. The summed E-state index contributed by atoms with van der Waals surface area (Å²) in [7, 11) is -3.29. The second-order valence-corrected chi connectivity index (χ2v) is 10.0. The Morgan fingerprint density at radius 3 is 2.19 bits per heavy atom. The van der Waals surface area contributed by atoms with Crippen molar-refractivity contribution in [3.63, 3.8) is 0 Å². The van der Waals surface area contributed by atoms with Crippen LogP contribution < -0.4 is 0 Å². The molecular weight excluding hydrogens is 414 g/mol. The number of nitrogens with zero attached hydrogens (tertiary/aromatic N) is 1. The summed E-state index contributed by atoms with van der Waals surface area (Å²) in [6, 6.07) is 30.4. The van der Waals surface area contributed by atoms with Crippen LogP contribution >= 0.6 is 0 Å². The maximum Gasteiger partial charge on any atom is 0.243 e. The maximum absolute atomic E-state index is 12.2. The lowest BCUT2D eigenvalue weighted by molar-refractivity contribution is 0.563. The van der Waals surface area contributed by atoms with Crippen molar-refractivity contribution in [1.29, 1.82) is 0 Å². The summed E-state index contributed by atoms with van der Waals surface area (Å²) in [5.74, 6) is 6.47. The van der Waals surface area contributed by atoms with Crippen molar-refractivity contribution in [3.8, 4) is 11.8 Å². The van der Waals surface area contributed by atoms with E-state index >= 15 is 0 Å². The van der Waals surface area contributed by atoms with Crippen LogP contribution in [0.5, 0.6) is 0 Å². The molecule has 1 saturated heterocycles. The molecule has 1 aliphatic heterocycles. The Bertz CT molecular complexity index is 1430. The van der Waals surface area contributed by atoms with E-state index in [-0.39, 0.29) is 0 Å². The molecule has 0 unspecified atom stereocenters. The van der Waals surface area contributed by atoms with E-state index in [2.05, 4.69) is 66.4 Å². The van der Waals surface area contributed by atoms with Gasteiger partial charge in [0, 0.05) is 25.1 Å². The van der Waals surface area contributed by atoms with Gasteiger partial charge in [0.25, 0.3) is 0 Å². The Morgan fingerprint density at radius 1 is 0.719 bits per heavy atom. The van der Waals surface area contributed by atoms with E-state index in [1.54, 1.807) is 12.1 Å². The average Bonchev–Trinajstić information content (AvgIpc) is 3.66. The van der Waals surface area contributed by atoms with Crippen molar-refractivity contribution in [3.05, 3.63) is 113 Å². The number of benzene rings is 4. The zero-order chi connectivity index (χ0) is 22.0. The third-order valence-electron chi connectivity index (χ3n) is 5.65. The quantitative estimate of drug-likeness (QED) is 0.324. The van der Waals surface area contributed by atoms with Crippen molar-refractivity contribution < 1.29 is 8.42 Å². The van der Waals surface area contributed by atoms with E-state index in [1.165, 1.54) is 26.2 Å². The van der Waals surface area contributed by atoms with E-state index in [4.69, 9.17) is 0 Å². The van der Waals surface area contributed by atoms with Crippen molar-refractivity contribution in [2.75, 3.05) is 13.1 Å². The molecule has 0 spiro atoms. The van der Waals surface area contributed by atoms with Crippen LogP contribution in [0.25, 0.3) is 10.8 Å². The summed E-state index contributed by atoms with van der Waals surface area (Å²) in [4.78, 5) is 0.354. The lowest BCUT2D eigenvalue weighted by Crippen LogP contribution is -2.11. The first-order chi connectivity index (χ1) is 15.6. The van der Waals surface area contributed by atoms with Gasteiger partial charge in [0.1, 0.15) is 0 Å². The molecular formula is C28H23NO2S. The lowest BCUT2D eigenvalue weighted by atomic mass is 10.00. The highest BCUT2D eigenvalue weighted by Gasteiger charge is 2.32. The molecule has 4 heteroatoms. The second kappa shape index (κ2) is 8.63. The zero-order valence-electron chi connectivity index (χ0n) is 17.7. The van der Waals surface area contributed by atoms with Gasteiger partial charge < -0.3 is 0 Å². The van der Waals surface area contributed by atoms with E-state index in [1.807, 2.05) is 24.3 Å². The van der Waals surface area contributed by atoms with Crippen LogP contribution in [0.1, 0.15) is 22.3 Å². The van der Waals surface area contributed by atoms with Gasteiger partial charge in [-0.2, -0.15) is 4.31 Å². The van der Waals surface area contributed by atoms with Gasteiger partial charge in [-0.15, -0.1) is 0 Å². The van der Waals surface area contributed by atoms with Crippen LogP contribution in [0, 0.1) is 11.8 Å². The summed E-state index contributed by atoms with van der Waals surface area (Å²) < 4.78 is 25.9. The normalized spacial score (nSPS) is 13.5. The van der Waals surface area contributed by atoms with Gasteiger partial charge in [0.2, 0.25) is 10.0 Å². The lowest BCUT2D eigenvalue weighted by Gasteiger charge is -2.05. The first-order valence-corrected chi connectivity index (χ1v) is 12.2. The third-order valence-corrected chi connectivity index (χ3v) is 7.56. The molecule has 0 amide bonds. The number of hydrogen-bond acceptors (Lipinski definition) is 2. The minimum absolute atomic E-state index is 0.354. The Hall–Kier alpha value is -3.39. The molecule has 0 saturated carbocycles. The van der Waals surface area contributed by atoms with Gasteiger partial charge in [-0.25, -0.2) is 8.42 Å². The second-order valence-electron chi connectivity index (χ2n) is 8.09. The molecule has 0 bridgehead atoms. The van der Waals surface area contributed by atoms with Gasteiger partial charge in [0.05, 0.1) is 4.90 Å². The Labute approximate surface area is 189 Å². The molecule has 32 heavy (non-hydrogen) atoms. The Balaban J connectivity index is 1.30. The van der Waals surface area contributed by atoms with Crippen molar-refractivity contribution >= 4 is 20.8 Å². The maximum atomic E-state index is 12.2. The first kappa shape index (κ1) is 20.5. The topological polar surface area (TPSA) is 37.1 Å². The van der Waals surface area contributed by atoms with Gasteiger partial charge in [-0.3, -0.25) is 0 Å². The molecule has 1 aliphatic rings. The van der Waals surface area contributed by atoms with Gasteiger partial charge in [-0.05, 0) is 58.1 Å². The van der Waals surface area contributed by atoms with Gasteiger partial charge in [-0.1, -0.05) is 78.6 Å². The van der Waals surface area contributed by atoms with Crippen LogP contribution in [0.15, 0.2) is 95.9 Å². The average molecular weight is 438 g/mol. The van der Waals surface area contributed by atoms with Crippen LogP contribution in [0.3, 0.4) is 0 Å². The van der Waals surface area contributed by atoms with Crippen molar-refractivity contribution in [2.45, 2.75) is 17.7 Å². The predicted octanol–water partition coefficient (Wildman–Crippen LogP) is 5.03. The zero-order valence-corrected chi connectivity index (χ0v) is 18.5. The van der Waals surface area contributed by atoms with Crippen LogP contribution in [0.2, 0.25) is 0 Å². The van der Waals surface area contributed by atoms with Crippen molar-refractivity contribution in [1.82, 2.24) is 4.31 Å². The highest BCUT2D eigenvalue weighted by molar-refractivity contribution is 7.89.